The van der Waals surface area contributed by atoms with Gasteiger partial charge in [-0.3, -0.25) is 4.79 Å². The molecule has 11 unspecified atom stereocenters. The fourth-order valence-corrected chi connectivity index (χ4v) is 9.85. The third-order valence-corrected chi connectivity index (χ3v) is 15.1. The zero-order chi connectivity index (χ0) is 60.1. The summed E-state index contributed by atoms with van der Waals surface area (Å²) in [5.41, 5.74) is 0. The highest BCUT2D eigenvalue weighted by molar-refractivity contribution is 5.69. The molecule has 0 spiro atoms. The summed E-state index contributed by atoms with van der Waals surface area (Å²) in [6.45, 7) is 3.55. The summed E-state index contributed by atoms with van der Waals surface area (Å²) in [5.74, 6) is -0.384. The van der Waals surface area contributed by atoms with Gasteiger partial charge in [-0.1, -0.05) is 227 Å². The average Bonchev–Trinajstić information content (AvgIpc) is 3.69. The van der Waals surface area contributed by atoms with Gasteiger partial charge in [-0.2, -0.15) is 0 Å². The van der Waals surface area contributed by atoms with Crippen molar-refractivity contribution >= 4 is 5.97 Å². The van der Waals surface area contributed by atoms with Crippen molar-refractivity contribution in [1.29, 1.82) is 0 Å². The van der Waals surface area contributed by atoms with Crippen LogP contribution in [0.15, 0.2) is 97.2 Å². The van der Waals surface area contributed by atoms with Gasteiger partial charge in [-0.05, 0) is 96.3 Å². The Bertz CT molecular complexity index is 1740. The van der Waals surface area contributed by atoms with Gasteiger partial charge in [0, 0.05) is 13.0 Å². The van der Waals surface area contributed by atoms with Crippen LogP contribution in [0.1, 0.15) is 232 Å². The lowest BCUT2D eigenvalue weighted by Gasteiger charge is -2.42. The third kappa shape index (κ3) is 40.1. The predicted molar refractivity (Wildman–Crippen MR) is 334 cm³/mol. The molecule has 14 heteroatoms. The number of unbranched alkanes of at least 4 members (excludes halogenated alkanes) is 23. The maximum Gasteiger partial charge on any atom is 0.306 e. The molecule has 0 radical (unpaired) electrons. The van der Waals surface area contributed by atoms with E-state index >= 15 is 0 Å². The standard InChI is InChI=1S/C69H118O14/c1-3-5-7-9-11-13-15-17-19-21-23-25-27-28-29-31-33-35-37-39-41-43-45-47-49-51-53-78-55-58(56-79-68-67(77)65(75)63(73)60(83-68)57-80-69-66(76)64(74)62(72)59(54-70)82-69)81-61(71)52-50-48-46-44-42-40-38-36-34-32-30-26-24-22-20-18-16-14-12-10-8-6-4-2/h5,7,11,13,16-19,22-25,28-29,33,35,58-60,62-70,72-77H,3-4,6,8-10,12,14-15,20-21,26-27,30-32,34,36-57H2,1-2H3/b7-5-,13-11-,18-16-,19-17-,24-22-,25-23-,29-28-,35-33-. The molecular formula is C69H118O14. The van der Waals surface area contributed by atoms with Crippen molar-refractivity contribution in [1.82, 2.24) is 0 Å². The molecule has 0 aromatic rings. The smallest absolute Gasteiger partial charge is 0.306 e. The van der Waals surface area contributed by atoms with E-state index in [1.54, 1.807) is 0 Å². The summed E-state index contributed by atoms with van der Waals surface area (Å²) in [6.07, 6.45) is 57.5. The lowest BCUT2D eigenvalue weighted by molar-refractivity contribution is -0.332. The first-order valence-electron chi connectivity index (χ1n) is 32.8. The summed E-state index contributed by atoms with van der Waals surface area (Å²) < 4.78 is 34.5. The van der Waals surface area contributed by atoms with Crippen LogP contribution in [0.25, 0.3) is 0 Å². The number of esters is 1. The monoisotopic (exact) mass is 1170 g/mol. The number of carbonyl (C=O) groups excluding carboxylic acids is 1. The molecule has 0 aromatic carbocycles. The summed E-state index contributed by atoms with van der Waals surface area (Å²) in [4.78, 5) is 13.1. The highest BCUT2D eigenvalue weighted by Gasteiger charge is 2.47. The SMILES string of the molecule is CC/C=C\C/C=C\C/C=C\C/C=C\C/C=C\C/C=C\CCCCCCCCCOCC(COC1OC(COC2OC(CO)C(O)C(O)C2O)C(O)C(O)C1O)OC(=O)CCCCCCCCCCCCC/C=C\C/C=C\CCCCCCC. The van der Waals surface area contributed by atoms with Crippen molar-refractivity contribution in [2.75, 3.05) is 33.0 Å². The van der Waals surface area contributed by atoms with Gasteiger partial charge in [-0.25, -0.2) is 0 Å². The molecule has 2 aliphatic heterocycles. The highest BCUT2D eigenvalue weighted by Crippen LogP contribution is 2.27. The van der Waals surface area contributed by atoms with Crippen LogP contribution in [0.2, 0.25) is 0 Å². The number of rotatable bonds is 53. The Morgan fingerprint density at radius 3 is 1.23 bits per heavy atom. The van der Waals surface area contributed by atoms with Gasteiger partial charge in [0.25, 0.3) is 0 Å². The molecule has 0 aliphatic carbocycles. The Kier molecular flexibility index (Phi) is 49.7. The fraction of sp³-hybridized carbons (Fsp3) is 0.754. The summed E-state index contributed by atoms with van der Waals surface area (Å²) in [7, 11) is 0. The van der Waals surface area contributed by atoms with Crippen LogP contribution in [0.4, 0.5) is 0 Å². The summed E-state index contributed by atoms with van der Waals surface area (Å²) in [5, 5.41) is 72.6. The number of aliphatic hydroxyl groups excluding tert-OH is 7. The van der Waals surface area contributed by atoms with E-state index in [1.807, 2.05) is 0 Å². The van der Waals surface area contributed by atoms with E-state index in [0.29, 0.717) is 13.0 Å². The first-order valence-corrected chi connectivity index (χ1v) is 32.8. The molecule has 0 amide bonds. The molecule has 7 N–H and O–H groups in total. The van der Waals surface area contributed by atoms with Gasteiger partial charge in [0.1, 0.15) is 54.9 Å². The molecule has 0 saturated carbocycles. The van der Waals surface area contributed by atoms with Crippen molar-refractivity contribution in [3.63, 3.8) is 0 Å². The van der Waals surface area contributed by atoms with E-state index in [2.05, 4.69) is 111 Å². The molecule has 478 valence electrons. The van der Waals surface area contributed by atoms with E-state index in [9.17, 15) is 40.5 Å². The van der Waals surface area contributed by atoms with Gasteiger partial charge in [0.15, 0.2) is 12.6 Å². The van der Waals surface area contributed by atoms with Gasteiger partial charge in [-0.15, -0.1) is 0 Å². The zero-order valence-corrected chi connectivity index (χ0v) is 51.7. The van der Waals surface area contributed by atoms with Crippen LogP contribution in [0.5, 0.6) is 0 Å². The Morgan fingerprint density at radius 1 is 0.410 bits per heavy atom. The van der Waals surface area contributed by atoms with Crippen molar-refractivity contribution in [2.45, 2.75) is 300 Å². The zero-order valence-electron chi connectivity index (χ0n) is 51.7. The minimum absolute atomic E-state index is 0.0479. The molecule has 14 nitrogen and oxygen atoms in total. The maximum absolute atomic E-state index is 13.1. The van der Waals surface area contributed by atoms with E-state index in [0.717, 1.165) is 96.3 Å². The lowest BCUT2D eigenvalue weighted by atomic mass is 9.98. The predicted octanol–water partition coefficient (Wildman–Crippen LogP) is 13.3. The Labute approximate surface area is 502 Å². The molecular weight excluding hydrogens is 1050 g/mol. The first-order chi connectivity index (χ1) is 40.6. The first kappa shape index (κ1) is 76.0. The average molecular weight is 1170 g/mol. The second-order valence-corrected chi connectivity index (χ2v) is 22.6. The largest absolute Gasteiger partial charge is 0.457 e. The van der Waals surface area contributed by atoms with E-state index in [4.69, 9.17) is 28.4 Å². The van der Waals surface area contributed by atoms with Crippen molar-refractivity contribution in [3.8, 4) is 0 Å². The van der Waals surface area contributed by atoms with Crippen molar-refractivity contribution in [3.05, 3.63) is 97.2 Å². The normalized spacial score (nSPS) is 24.1. The van der Waals surface area contributed by atoms with Gasteiger partial charge < -0.3 is 64.2 Å². The van der Waals surface area contributed by atoms with Crippen LogP contribution in [-0.2, 0) is 33.2 Å². The number of ether oxygens (including phenoxy) is 6. The molecule has 11 atom stereocenters. The number of carbonyl (C=O) groups is 1. The van der Waals surface area contributed by atoms with Gasteiger partial charge >= 0.3 is 5.97 Å². The summed E-state index contributed by atoms with van der Waals surface area (Å²) >= 11 is 0. The number of hydrogen-bond acceptors (Lipinski definition) is 14. The van der Waals surface area contributed by atoms with E-state index < -0.39 is 80.7 Å². The van der Waals surface area contributed by atoms with Crippen molar-refractivity contribution in [2.24, 2.45) is 0 Å². The number of allylic oxidation sites excluding steroid dienone is 16. The maximum atomic E-state index is 13.1. The van der Waals surface area contributed by atoms with E-state index in [-0.39, 0.29) is 25.6 Å². The van der Waals surface area contributed by atoms with Crippen LogP contribution in [-0.4, -0.2) is 142 Å². The Morgan fingerprint density at radius 2 is 0.783 bits per heavy atom. The van der Waals surface area contributed by atoms with Gasteiger partial charge in [0.05, 0.1) is 26.4 Å². The summed E-state index contributed by atoms with van der Waals surface area (Å²) in [6, 6.07) is 0. The van der Waals surface area contributed by atoms with Crippen LogP contribution < -0.4 is 0 Å². The molecule has 2 heterocycles. The van der Waals surface area contributed by atoms with E-state index in [1.165, 1.54) is 109 Å². The quantitative estimate of drug-likeness (QED) is 0.0172. The van der Waals surface area contributed by atoms with Crippen molar-refractivity contribution < 1.29 is 69.0 Å². The second-order valence-electron chi connectivity index (χ2n) is 22.6. The third-order valence-electron chi connectivity index (χ3n) is 15.1. The molecule has 2 aliphatic rings. The minimum Gasteiger partial charge on any atom is -0.457 e. The van der Waals surface area contributed by atoms with Crippen LogP contribution >= 0.6 is 0 Å². The molecule has 2 saturated heterocycles. The molecule has 2 rings (SSSR count). The lowest BCUT2D eigenvalue weighted by Crippen LogP contribution is -2.61. The molecule has 0 bridgehead atoms. The Balaban J connectivity index is 1.68. The molecule has 2 fully saturated rings. The topological polar surface area (TPSA) is 214 Å². The molecule has 0 aromatic heterocycles. The molecule has 83 heavy (non-hydrogen) atoms. The van der Waals surface area contributed by atoms with Gasteiger partial charge in [0.2, 0.25) is 0 Å². The highest BCUT2D eigenvalue weighted by atomic mass is 16.7. The minimum atomic E-state index is -1.72. The number of aliphatic hydroxyl groups is 7. The van der Waals surface area contributed by atoms with Crippen LogP contribution in [0.3, 0.4) is 0 Å². The fourth-order valence-electron chi connectivity index (χ4n) is 9.85. The Hall–Kier alpha value is -3.09. The van der Waals surface area contributed by atoms with Crippen LogP contribution in [0, 0.1) is 0 Å². The number of hydrogen-bond donors (Lipinski definition) is 7. The second kappa shape index (κ2) is 54.3.